The first-order chi connectivity index (χ1) is 16.1. The minimum Gasteiger partial charge on any atom is -0.369 e. The molecule has 2 fully saturated rings. The van der Waals surface area contributed by atoms with Gasteiger partial charge in [0.1, 0.15) is 5.82 Å². The molecule has 170 valence electrons. The number of nitrogens with zero attached hydrogens (tertiary/aromatic N) is 4. The molecule has 1 aromatic heterocycles. The Labute approximate surface area is 194 Å². The third-order valence-electron chi connectivity index (χ3n) is 6.37. The lowest BCUT2D eigenvalue weighted by Gasteiger charge is -2.35. The van der Waals surface area contributed by atoms with Crippen molar-refractivity contribution in [3.05, 3.63) is 71.9 Å². The van der Waals surface area contributed by atoms with Crippen LogP contribution in [0.25, 0.3) is 5.69 Å². The quantitative estimate of drug-likeness (QED) is 0.564. The van der Waals surface area contributed by atoms with Crippen LogP contribution in [0.2, 0.25) is 0 Å². The third kappa shape index (κ3) is 4.98. The maximum atomic E-state index is 12.9. The van der Waals surface area contributed by atoms with Crippen LogP contribution in [0.4, 0.5) is 11.5 Å². The summed E-state index contributed by atoms with van der Waals surface area (Å²) in [6.07, 6.45) is 2.34. The van der Waals surface area contributed by atoms with Crippen LogP contribution < -0.4 is 10.2 Å². The van der Waals surface area contributed by atoms with Gasteiger partial charge < -0.3 is 10.2 Å². The van der Waals surface area contributed by atoms with Crippen molar-refractivity contribution in [1.82, 2.24) is 14.7 Å². The number of para-hydroxylation sites is 1. The van der Waals surface area contributed by atoms with Gasteiger partial charge in [-0.25, -0.2) is 4.68 Å². The molecule has 7 nitrogen and oxygen atoms in total. The minimum atomic E-state index is -0.0197. The van der Waals surface area contributed by atoms with Crippen molar-refractivity contribution in [2.45, 2.75) is 25.7 Å². The van der Waals surface area contributed by atoms with Gasteiger partial charge in [-0.05, 0) is 56.2 Å². The van der Waals surface area contributed by atoms with Crippen LogP contribution in [0, 0.1) is 0 Å². The number of carbonyl (C=O) groups excluding carboxylic acids is 2. The second-order valence-corrected chi connectivity index (χ2v) is 8.89. The van der Waals surface area contributed by atoms with E-state index in [9.17, 15) is 9.59 Å². The van der Waals surface area contributed by atoms with Gasteiger partial charge in [0.15, 0.2) is 5.78 Å². The van der Waals surface area contributed by atoms with Gasteiger partial charge in [0.2, 0.25) is 5.91 Å². The Morgan fingerprint density at radius 2 is 1.64 bits per heavy atom. The van der Waals surface area contributed by atoms with Crippen LogP contribution in [0.5, 0.6) is 0 Å². The van der Waals surface area contributed by atoms with Crippen molar-refractivity contribution in [2.24, 2.45) is 0 Å². The molecule has 1 saturated heterocycles. The van der Waals surface area contributed by atoms with Crippen molar-refractivity contribution in [3.63, 3.8) is 0 Å². The van der Waals surface area contributed by atoms with E-state index < -0.39 is 0 Å². The molecule has 0 spiro atoms. The monoisotopic (exact) mass is 443 g/mol. The molecule has 1 saturated carbocycles. The maximum Gasteiger partial charge on any atom is 0.239 e. The van der Waals surface area contributed by atoms with Crippen LogP contribution in [-0.2, 0) is 4.79 Å². The van der Waals surface area contributed by atoms with E-state index in [4.69, 9.17) is 5.10 Å². The van der Waals surface area contributed by atoms with Crippen LogP contribution >= 0.6 is 0 Å². The number of nitrogens with one attached hydrogen (secondary N) is 1. The zero-order valence-electron chi connectivity index (χ0n) is 18.9. The number of piperazine rings is 1. The average Bonchev–Trinajstić information content (AvgIpc) is 3.61. The number of hydrogen-bond acceptors (Lipinski definition) is 5. The molecular weight excluding hydrogens is 414 g/mol. The standard InChI is InChI=1S/C26H29N5O2/c1-19(32)20-9-11-22(12-10-20)30-15-13-29(14-16-30)18-26(33)27-25-17-24(21-7-8-21)28-31(25)23-5-3-2-4-6-23/h2-6,9-12,17,21H,7-8,13-16,18H2,1H3,(H,27,33). The first-order valence-electron chi connectivity index (χ1n) is 11.6. The fourth-order valence-electron chi connectivity index (χ4n) is 4.29. The molecule has 2 aliphatic rings. The van der Waals surface area contributed by atoms with Crippen molar-refractivity contribution in [2.75, 3.05) is 42.9 Å². The van der Waals surface area contributed by atoms with Crippen molar-refractivity contribution >= 4 is 23.2 Å². The predicted molar refractivity (Wildman–Crippen MR) is 129 cm³/mol. The smallest absolute Gasteiger partial charge is 0.239 e. The lowest BCUT2D eigenvalue weighted by Crippen LogP contribution is -2.48. The maximum absolute atomic E-state index is 12.9. The number of carbonyl (C=O) groups is 2. The van der Waals surface area contributed by atoms with Crippen molar-refractivity contribution < 1.29 is 9.59 Å². The Morgan fingerprint density at radius 1 is 0.939 bits per heavy atom. The first-order valence-corrected chi connectivity index (χ1v) is 11.6. The lowest BCUT2D eigenvalue weighted by molar-refractivity contribution is -0.117. The zero-order chi connectivity index (χ0) is 22.8. The number of benzene rings is 2. The number of aromatic nitrogens is 2. The molecule has 1 amide bonds. The van der Waals surface area contributed by atoms with Gasteiger partial charge in [-0.1, -0.05) is 18.2 Å². The number of rotatable bonds is 7. The SMILES string of the molecule is CC(=O)c1ccc(N2CCN(CC(=O)Nc3cc(C4CC4)nn3-c3ccccc3)CC2)cc1. The Balaban J connectivity index is 1.19. The molecule has 1 N–H and O–H groups in total. The van der Waals surface area contributed by atoms with E-state index >= 15 is 0 Å². The van der Waals surface area contributed by atoms with Crippen LogP contribution in [0.15, 0.2) is 60.7 Å². The highest BCUT2D eigenvalue weighted by atomic mass is 16.2. The van der Waals surface area contributed by atoms with Gasteiger partial charge in [-0.15, -0.1) is 0 Å². The Morgan fingerprint density at radius 3 is 2.27 bits per heavy atom. The highest BCUT2D eigenvalue weighted by Gasteiger charge is 2.28. The second-order valence-electron chi connectivity index (χ2n) is 8.89. The molecule has 1 aliphatic heterocycles. The van der Waals surface area contributed by atoms with E-state index in [0.717, 1.165) is 54.6 Å². The molecule has 3 aromatic rings. The number of amides is 1. The molecule has 33 heavy (non-hydrogen) atoms. The largest absolute Gasteiger partial charge is 0.369 e. The normalized spacial score (nSPS) is 16.6. The molecule has 5 rings (SSSR count). The molecule has 7 heteroatoms. The van der Waals surface area contributed by atoms with Crippen molar-refractivity contribution in [3.8, 4) is 5.69 Å². The molecular formula is C26H29N5O2. The molecule has 1 aliphatic carbocycles. The van der Waals surface area contributed by atoms with Crippen LogP contribution in [0.1, 0.15) is 41.7 Å². The van der Waals surface area contributed by atoms with Crippen LogP contribution in [-0.4, -0.2) is 59.1 Å². The summed E-state index contributed by atoms with van der Waals surface area (Å²) in [5.41, 5.74) is 3.85. The number of ketones is 1. The predicted octanol–water partition coefficient (Wildman–Crippen LogP) is 3.71. The summed E-state index contributed by atoms with van der Waals surface area (Å²) in [6, 6.07) is 19.7. The molecule has 2 aromatic carbocycles. The van der Waals surface area contributed by atoms with Gasteiger partial charge in [0.25, 0.3) is 0 Å². The van der Waals surface area contributed by atoms with E-state index in [1.807, 2.05) is 65.3 Å². The van der Waals surface area contributed by atoms with Gasteiger partial charge in [0.05, 0.1) is 17.9 Å². The fourth-order valence-corrected chi connectivity index (χ4v) is 4.29. The number of hydrogen-bond donors (Lipinski definition) is 1. The molecule has 0 unspecified atom stereocenters. The number of Topliss-reactive ketones (excluding diaryl/α,β-unsaturated/α-hetero) is 1. The van der Waals surface area contributed by atoms with E-state index in [0.29, 0.717) is 12.5 Å². The summed E-state index contributed by atoms with van der Waals surface area (Å²) in [5, 5.41) is 7.86. The summed E-state index contributed by atoms with van der Waals surface area (Å²) in [5.74, 6) is 1.31. The van der Waals surface area contributed by atoms with Gasteiger partial charge in [-0.2, -0.15) is 5.10 Å². The summed E-state index contributed by atoms with van der Waals surface area (Å²) in [6.45, 7) is 5.26. The lowest BCUT2D eigenvalue weighted by atomic mass is 10.1. The van der Waals surface area contributed by atoms with E-state index in [-0.39, 0.29) is 11.7 Å². The average molecular weight is 444 g/mol. The van der Waals surface area contributed by atoms with Gasteiger partial charge >= 0.3 is 0 Å². The number of anilines is 2. The first kappa shape index (κ1) is 21.4. The van der Waals surface area contributed by atoms with E-state index in [1.54, 1.807) is 6.92 Å². The minimum absolute atomic E-state index is 0.0197. The second kappa shape index (κ2) is 9.19. The van der Waals surface area contributed by atoms with Crippen molar-refractivity contribution in [1.29, 1.82) is 0 Å². The topological polar surface area (TPSA) is 70.5 Å². The zero-order valence-corrected chi connectivity index (χ0v) is 18.9. The summed E-state index contributed by atoms with van der Waals surface area (Å²) in [7, 11) is 0. The summed E-state index contributed by atoms with van der Waals surface area (Å²) < 4.78 is 1.84. The highest BCUT2D eigenvalue weighted by molar-refractivity contribution is 5.94. The molecule has 0 bridgehead atoms. The Kier molecular flexibility index (Phi) is 5.96. The molecule has 0 radical (unpaired) electrons. The summed E-state index contributed by atoms with van der Waals surface area (Å²) >= 11 is 0. The van der Waals surface area contributed by atoms with Gasteiger partial charge in [-0.3, -0.25) is 14.5 Å². The molecule has 2 heterocycles. The van der Waals surface area contributed by atoms with Crippen LogP contribution in [0.3, 0.4) is 0 Å². The molecule has 0 atom stereocenters. The van der Waals surface area contributed by atoms with E-state index in [1.165, 1.54) is 12.8 Å². The third-order valence-corrected chi connectivity index (χ3v) is 6.37. The van der Waals surface area contributed by atoms with E-state index in [2.05, 4.69) is 15.1 Å². The summed E-state index contributed by atoms with van der Waals surface area (Å²) in [4.78, 5) is 28.8. The Hall–Kier alpha value is -3.45. The van der Waals surface area contributed by atoms with Gasteiger partial charge in [0, 0.05) is 49.4 Å². The fraction of sp³-hybridized carbons (Fsp3) is 0.346. The Bertz CT molecular complexity index is 1130. The highest BCUT2D eigenvalue weighted by Crippen LogP contribution is 2.40.